The highest BCUT2D eigenvalue weighted by Crippen LogP contribution is 2.13. The minimum absolute atomic E-state index is 0.740. The largest absolute Gasteiger partial charge is 0.299 e. The van der Waals surface area contributed by atoms with Crippen molar-refractivity contribution in [2.24, 2.45) is 5.84 Å². The number of rotatable bonds is 4. The molecule has 1 aliphatic rings. The van der Waals surface area contributed by atoms with Crippen molar-refractivity contribution >= 4 is 0 Å². The Morgan fingerprint density at radius 2 is 1.67 bits per heavy atom. The second kappa shape index (κ2) is 5.26. The fraction of sp³-hybridized carbons (Fsp3) is 0.500. The van der Waals surface area contributed by atoms with E-state index < -0.39 is 0 Å². The Kier molecular flexibility index (Phi) is 3.72. The van der Waals surface area contributed by atoms with Crippen LogP contribution < -0.4 is 11.3 Å². The van der Waals surface area contributed by atoms with Gasteiger partial charge in [0.05, 0.1) is 0 Å². The van der Waals surface area contributed by atoms with Gasteiger partial charge in [0, 0.05) is 13.1 Å². The van der Waals surface area contributed by atoms with E-state index in [0.29, 0.717) is 0 Å². The Balaban J connectivity index is 1.91. The van der Waals surface area contributed by atoms with Crippen molar-refractivity contribution in [2.45, 2.75) is 25.9 Å². The molecule has 3 nitrogen and oxygen atoms in total. The minimum Gasteiger partial charge on any atom is -0.299 e. The first-order chi connectivity index (χ1) is 7.38. The molecular weight excluding hydrogens is 186 g/mol. The quantitative estimate of drug-likeness (QED) is 0.574. The molecule has 0 saturated carbocycles. The summed E-state index contributed by atoms with van der Waals surface area (Å²) in [4.78, 5) is 2.51. The Morgan fingerprint density at radius 1 is 1.07 bits per heavy atom. The lowest BCUT2D eigenvalue weighted by atomic mass is 10.1. The molecule has 0 bridgehead atoms. The lowest BCUT2D eigenvalue weighted by Gasteiger charge is -2.14. The number of benzene rings is 1. The predicted octanol–water partition coefficient (Wildman–Crippen LogP) is 1.25. The second-order valence-electron chi connectivity index (χ2n) is 4.18. The van der Waals surface area contributed by atoms with E-state index in [-0.39, 0.29) is 0 Å². The third-order valence-electron chi connectivity index (χ3n) is 2.93. The lowest BCUT2D eigenvalue weighted by molar-refractivity contribution is 0.331. The molecule has 0 spiro atoms. The molecule has 1 saturated heterocycles. The summed E-state index contributed by atoms with van der Waals surface area (Å²) >= 11 is 0. The average molecular weight is 205 g/mol. The first-order valence-electron chi connectivity index (χ1n) is 5.62. The summed E-state index contributed by atoms with van der Waals surface area (Å²) in [5, 5.41) is 0. The van der Waals surface area contributed by atoms with Crippen LogP contribution in [0.3, 0.4) is 0 Å². The van der Waals surface area contributed by atoms with Crippen LogP contribution in [0.15, 0.2) is 24.3 Å². The van der Waals surface area contributed by atoms with E-state index in [1.807, 2.05) is 0 Å². The van der Waals surface area contributed by atoms with Crippen molar-refractivity contribution in [1.82, 2.24) is 10.3 Å². The van der Waals surface area contributed by atoms with Crippen molar-refractivity contribution in [3.05, 3.63) is 35.4 Å². The number of likely N-dealkylation sites (tertiary alicyclic amines) is 1. The molecule has 0 aromatic heterocycles. The van der Waals surface area contributed by atoms with Crippen molar-refractivity contribution in [2.75, 3.05) is 13.1 Å². The topological polar surface area (TPSA) is 41.3 Å². The Bertz CT molecular complexity index is 288. The van der Waals surface area contributed by atoms with Crippen LogP contribution in [-0.2, 0) is 13.1 Å². The van der Waals surface area contributed by atoms with Crippen molar-refractivity contribution in [3.63, 3.8) is 0 Å². The van der Waals surface area contributed by atoms with Gasteiger partial charge in [0.1, 0.15) is 0 Å². The van der Waals surface area contributed by atoms with Gasteiger partial charge in [-0.15, -0.1) is 0 Å². The normalized spacial score (nSPS) is 17.1. The van der Waals surface area contributed by atoms with Gasteiger partial charge in [-0.05, 0) is 37.1 Å². The van der Waals surface area contributed by atoms with Gasteiger partial charge in [0.15, 0.2) is 0 Å². The molecule has 0 aliphatic carbocycles. The van der Waals surface area contributed by atoms with Crippen LogP contribution in [0.5, 0.6) is 0 Å². The third-order valence-corrected chi connectivity index (χ3v) is 2.93. The number of hydrazine groups is 1. The van der Waals surface area contributed by atoms with Gasteiger partial charge in [-0.1, -0.05) is 24.3 Å². The highest BCUT2D eigenvalue weighted by Gasteiger charge is 2.11. The molecule has 1 aliphatic heterocycles. The zero-order valence-electron chi connectivity index (χ0n) is 9.08. The monoisotopic (exact) mass is 205 g/mol. The van der Waals surface area contributed by atoms with Crippen LogP contribution in [0.1, 0.15) is 24.0 Å². The van der Waals surface area contributed by atoms with Gasteiger partial charge < -0.3 is 0 Å². The Hall–Kier alpha value is -0.900. The molecule has 1 aromatic rings. The fourth-order valence-corrected chi connectivity index (χ4v) is 2.08. The van der Waals surface area contributed by atoms with Gasteiger partial charge in [-0.2, -0.15) is 0 Å². The standard InChI is InChI=1S/C12H19N3/c13-14-9-11-3-5-12(6-4-11)10-15-7-1-2-8-15/h3-6,14H,1-2,7-10,13H2. The first kappa shape index (κ1) is 10.6. The molecule has 1 heterocycles. The van der Waals surface area contributed by atoms with E-state index >= 15 is 0 Å². The van der Waals surface area contributed by atoms with E-state index in [0.717, 1.165) is 13.1 Å². The zero-order valence-corrected chi connectivity index (χ0v) is 9.08. The zero-order chi connectivity index (χ0) is 10.5. The predicted molar refractivity (Wildman–Crippen MR) is 62.0 cm³/mol. The van der Waals surface area contributed by atoms with Crippen molar-refractivity contribution in [1.29, 1.82) is 0 Å². The smallest absolute Gasteiger partial charge is 0.0348 e. The fourth-order valence-electron chi connectivity index (χ4n) is 2.08. The number of hydrogen-bond acceptors (Lipinski definition) is 3. The summed E-state index contributed by atoms with van der Waals surface area (Å²) in [5.41, 5.74) is 5.31. The summed E-state index contributed by atoms with van der Waals surface area (Å²) in [6.07, 6.45) is 2.71. The van der Waals surface area contributed by atoms with Crippen LogP contribution >= 0.6 is 0 Å². The summed E-state index contributed by atoms with van der Waals surface area (Å²) in [6.45, 7) is 4.35. The number of nitrogens with zero attached hydrogens (tertiary/aromatic N) is 1. The molecule has 3 N–H and O–H groups in total. The maximum Gasteiger partial charge on any atom is 0.0348 e. The number of hydrogen-bond donors (Lipinski definition) is 2. The van der Waals surface area contributed by atoms with E-state index in [1.165, 1.54) is 37.1 Å². The maximum absolute atomic E-state index is 5.27. The van der Waals surface area contributed by atoms with Crippen molar-refractivity contribution in [3.8, 4) is 0 Å². The summed E-state index contributed by atoms with van der Waals surface area (Å²) in [7, 11) is 0. The number of nitrogens with one attached hydrogen (secondary N) is 1. The van der Waals surface area contributed by atoms with E-state index in [2.05, 4.69) is 34.6 Å². The minimum atomic E-state index is 0.740. The van der Waals surface area contributed by atoms with Gasteiger partial charge in [0.25, 0.3) is 0 Å². The molecule has 1 fully saturated rings. The van der Waals surface area contributed by atoms with Crippen LogP contribution in [0.4, 0.5) is 0 Å². The molecule has 2 rings (SSSR count). The molecular formula is C12H19N3. The molecule has 0 amide bonds. The average Bonchev–Trinajstić information content (AvgIpc) is 2.74. The van der Waals surface area contributed by atoms with Gasteiger partial charge in [-0.3, -0.25) is 16.2 Å². The Morgan fingerprint density at radius 3 is 2.27 bits per heavy atom. The van der Waals surface area contributed by atoms with Gasteiger partial charge >= 0.3 is 0 Å². The van der Waals surface area contributed by atoms with E-state index in [4.69, 9.17) is 5.84 Å². The Labute approximate surface area is 91.2 Å². The molecule has 0 radical (unpaired) electrons. The highest BCUT2D eigenvalue weighted by molar-refractivity contribution is 5.22. The van der Waals surface area contributed by atoms with Crippen LogP contribution in [0, 0.1) is 0 Å². The lowest BCUT2D eigenvalue weighted by Crippen LogP contribution is -2.21. The highest BCUT2D eigenvalue weighted by atomic mass is 15.2. The molecule has 0 atom stereocenters. The van der Waals surface area contributed by atoms with E-state index in [1.54, 1.807) is 0 Å². The van der Waals surface area contributed by atoms with Crippen LogP contribution in [-0.4, -0.2) is 18.0 Å². The van der Waals surface area contributed by atoms with Crippen LogP contribution in [0.25, 0.3) is 0 Å². The maximum atomic E-state index is 5.27. The van der Waals surface area contributed by atoms with Crippen LogP contribution in [0.2, 0.25) is 0 Å². The summed E-state index contributed by atoms with van der Waals surface area (Å²) in [6, 6.07) is 8.69. The SMILES string of the molecule is NNCc1ccc(CN2CCCC2)cc1. The number of nitrogens with two attached hydrogens (primary N) is 1. The second-order valence-corrected chi connectivity index (χ2v) is 4.18. The third kappa shape index (κ3) is 3.02. The summed E-state index contributed by atoms with van der Waals surface area (Å²) in [5.74, 6) is 5.27. The first-order valence-corrected chi connectivity index (χ1v) is 5.62. The molecule has 0 unspecified atom stereocenters. The summed E-state index contributed by atoms with van der Waals surface area (Å²) < 4.78 is 0. The van der Waals surface area contributed by atoms with Gasteiger partial charge in [-0.25, -0.2) is 0 Å². The van der Waals surface area contributed by atoms with E-state index in [9.17, 15) is 0 Å². The molecule has 15 heavy (non-hydrogen) atoms. The molecule has 82 valence electrons. The van der Waals surface area contributed by atoms with Crippen molar-refractivity contribution < 1.29 is 0 Å². The molecule has 1 aromatic carbocycles. The van der Waals surface area contributed by atoms with Gasteiger partial charge in [0.2, 0.25) is 0 Å². The molecule has 3 heteroatoms.